The molecule has 0 aromatic carbocycles. The number of unbranched alkanes of at least 4 members (excludes halogenated alkanes) is 1. The van der Waals surface area contributed by atoms with E-state index in [2.05, 4.69) is 4.99 Å². The Bertz CT molecular complexity index is 473. The van der Waals surface area contributed by atoms with Crippen molar-refractivity contribution in [3.05, 3.63) is 0 Å². The normalized spacial score (nSPS) is 31.9. The molecule has 2 saturated heterocycles. The van der Waals surface area contributed by atoms with Gasteiger partial charge in [0.1, 0.15) is 0 Å². The highest BCUT2D eigenvalue weighted by Crippen LogP contribution is 2.36. The van der Waals surface area contributed by atoms with Crippen molar-refractivity contribution in [2.24, 2.45) is 4.99 Å². The average Bonchev–Trinajstić information content (AvgIpc) is 2.71. The first kappa shape index (κ1) is 13.9. The van der Waals surface area contributed by atoms with Crippen molar-refractivity contribution in [3.8, 4) is 0 Å². The Balaban J connectivity index is 2.03. The molecule has 0 saturated carbocycles. The molecule has 5 nitrogen and oxygen atoms in total. The fraction of sp³-hybridized carbons (Fsp3) is 0.818. The Morgan fingerprint density at radius 1 is 1.50 bits per heavy atom. The van der Waals surface area contributed by atoms with E-state index >= 15 is 0 Å². The van der Waals surface area contributed by atoms with Gasteiger partial charge >= 0.3 is 0 Å². The molecule has 2 atom stereocenters. The van der Waals surface area contributed by atoms with Crippen LogP contribution in [0.15, 0.2) is 4.99 Å². The molecule has 2 heterocycles. The molecule has 18 heavy (non-hydrogen) atoms. The molecule has 2 fully saturated rings. The van der Waals surface area contributed by atoms with Crippen LogP contribution in [-0.2, 0) is 14.6 Å². The van der Waals surface area contributed by atoms with Crippen molar-refractivity contribution in [1.82, 2.24) is 4.90 Å². The zero-order chi connectivity index (χ0) is 13.3. The minimum atomic E-state index is -2.91. The number of hydrogen-bond acceptors (Lipinski definition) is 4. The number of thioether (sulfide) groups is 1. The standard InChI is InChI=1S/C11H18N2O3S2/c1-3-4-5-10(14)12-11-13(2)8-6-18(15,16)7-9(8)17-11/h8-9H,3-7H2,1-2H3/t8-,9-/m1/s1. The third-order valence-corrected chi connectivity index (χ3v) is 6.59. The van der Waals surface area contributed by atoms with Crippen LogP contribution in [0.4, 0.5) is 0 Å². The number of nitrogens with zero attached hydrogens (tertiary/aromatic N) is 2. The van der Waals surface area contributed by atoms with Gasteiger partial charge in [0.25, 0.3) is 0 Å². The van der Waals surface area contributed by atoms with Gasteiger partial charge in [-0.3, -0.25) is 4.79 Å². The molecule has 2 aliphatic rings. The maximum atomic E-state index is 11.6. The molecule has 0 aromatic rings. The quantitative estimate of drug-likeness (QED) is 0.772. The molecule has 1 amide bonds. The largest absolute Gasteiger partial charge is 0.349 e. The third-order valence-electron chi connectivity index (χ3n) is 3.29. The molecular formula is C11H18N2O3S2. The van der Waals surface area contributed by atoms with Crippen molar-refractivity contribution >= 4 is 32.7 Å². The molecule has 7 heteroatoms. The van der Waals surface area contributed by atoms with Crippen LogP contribution in [-0.4, -0.2) is 54.2 Å². The van der Waals surface area contributed by atoms with Gasteiger partial charge in [-0.1, -0.05) is 25.1 Å². The Kier molecular flexibility index (Phi) is 4.01. The van der Waals surface area contributed by atoms with Crippen molar-refractivity contribution in [1.29, 1.82) is 0 Å². The number of amides is 1. The van der Waals surface area contributed by atoms with Gasteiger partial charge in [-0.25, -0.2) is 8.42 Å². The molecule has 0 unspecified atom stereocenters. The lowest BCUT2D eigenvalue weighted by Crippen LogP contribution is -2.34. The van der Waals surface area contributed by atoms with Gasteiger partial charge in [0.15, 0.2) is 15.0 Å². The summed E-state index contributed by atoms with van der Waals surface area (Å²) in [6.45, 7) is 2.03. The second kappa shape index (κ2) is 5.21. The van der Waals surface area contributed by atoms with E-state index in [1.165, 1.54) is 11.8 Å². The van der Waals surface area contributed by atoms with Crippen LogP contribution >= 0.6 is 11.8 Å². The van der Waals surface area contributed by atoms with Crippen LogP contribution in [0.25, 0.3) is 0 Å². The van der Waals surface area contributed by atoms with E-state index in [-0.39, 0.29) is 28.7 Å². The molecule has 0 spiro atoms. The minimum absolute atomic E-state index is 0.0160. The number of sulfone groups is 1. The van der Waals surface area contributed by atoms with Gasteiger partial charge in [-0.2, -0.15) is 4.99 Å². The maximum absolute atomic E-state index is 11.6. The van der Waals surface area contributed by atoms with Gasteiger partial charge in [0.05, 0.1) is 17.5 Å². The Morgan fingerprint density at radius 3 is 2.83 bits per heavy atom. The third kappa shape index (κ3) is 2.88. The highest BCUT2D eigenvalue weighted by molar-refractivity contribution is 8.15. The zero-order valence-electron chi connectivity index (χ0n) is 10.6. The summed E-state index contributed by atoms with van der Waals surface area (Å²) < 4.78 is 23.0. The highest BCUT2D eigenvalue weighted by Gasteiger charge is 2.47. The number of aliphatic imine (C=N–C) groups is 1. The average molecular weight is 290 g/mol. The molecule has 0 radical (unpaired) electrons. The topological polar surface area (TPSA) is 66.8 Å². The highest BCUT2D eigenvalue weighted by atomic mass is 32.2. The SMILES string of the molecule is CCCCC(=O)N=C1S[C@@H]2CS(=O)(=O)C[C@H]2N1C. The lowest BCUT2D eigenvalue weighted by Gasteiger charge is -2.17. The van der Waals surface area contributed by atoms with Crippen LogP contribution in [0.1, 0.15) is 26.2 Å². The smallest absolute Gasteiger partial charge is 0.248 e. The van der Waals surface area contributed by atoms with E-state index in [1.807, 2.05) is 18.9 Å². The first-order valence-corrected chi connectivity index (χ1v) is 8.84. The van der Waals surface area contributed by atoms with Gasteiger partial charge in [-0.15, -0.1) is 0 Å². The summed E-state index contributed by atoms with van der Waals surface area (Å²) in [7, 11) is -1.08. The van der Waals surface area contributed by atoms with E-state index in [1.54, 1.807) is 0 Å². The Labute approximate surface area is 112 Å². The van der Waals surface area contributed by atoms with E-state index < -0.39 is 9.84 Å². The van der Waals surface area contributed by atoms with Gasteiger partial charge in [0.2, 0.25) is 5.91 Å². The first-order chi connectivity index (χ1) is 8.43. The van der Waals surface area contributed by atoms with Crippen LogP contribution in [0.3, 0.4) is 0 Å². The molecule has 0 aromatic heterocycles. The van der Waals surface area contributed by atoms with Crippen LogP contribution in [0, 0.1) is 0 Å². The fourth-order valence-electron chi connectivity index (χ4n) is 2.23. The number of rotatable bonds is 3. The van der Waals surface area contributed by atoms with Crippen molar-refractivity contribution in [2.45, 2.75) is 37.5 Å². The van der Waals surface area contributed by atoms with E-state index in [4.69, 9.17) is 0 Å². The van der Waals surface area contributed by atoms with Crippen molar-refractivity contribution in [2.75, 3.05) is 18.6 Å². The Hall–Kier alpha value is -0.560. The van der Waals surface area contributed by atoms with Crippen LogP contribution < -0.4 is 0 Å². The van der Waals surface area contributed by atoms with Gasteiger partial charge in [-0.05, 0) is 6.42 Å². The first-order valence-electron chi connectivity index (χ1n) is 6.14. The second-order valence-corrected chi connectivity index (χ2v) is 8.16. The van der Waals surface area contributed by atoms with Crippen molar-refractivity contribution in [3.63, 3.8) is 0 Å². The molecule has 2 aliphatic heterocycles. The summed E-state index contributed by atoms with van der Waals surface area (Å²) in [5, 5.41) is 0.721. The predicted octanol–water partition coefficient (Wildman–Crippen LogP) is 0.903. The summed E-state index contributed by atoms with van der Waals surface area (Å²) in [4.78, 5) is 17.6. The molecule has 102 valence electrons. The summed E-state index contributed by atoms with van der Waals surface area (Å²) in [5.41, 5.74) is 0. The number of amidine groups is 1. The van der Waals surface area contributed by atoms with Crippen LogP contribution in [0.2, 0.25) is 0 Å². The fourth-order valence-corrected chi connectivity index (χ4v) is 6.24. The minimum Gasteiger partial charge on any atom is -0.349 e. The van der Waals surface area contributed by atoms with E-state index in [9.17, 15) is 13.2 Å². The maximum Gasteiger partial charge on any atom is 0.248 e. The van der Waals surface area contributed by atoms with Gasteiger partial charge < -0.3 is 4.90 Å². The molecule has 2 rings (SSSR count). The van der Waals surface area contributed by atoms with E-state index in [0.717, 1.165) is 12.8 Å². The number of fused-ring (bicyclic) bond motifs is 1. The van der Waals surface area contributed by atoms with Gasteiger partial charge in [0, 0.05) is 18.7 Å². The second-order valence-electron chi connectivity index (χ2n) is 4.80. The van der Waals surface area contributed by atoms with Crippen LogP contribution in [0.5, 0.6) is 0 Å². The summed E-state index contributed by atoms with van der Waals surface area (Å²) in [6, 6.07) is -0.0160. The molecule has 0 N–H and O–H groups in total. The lowest BCUT2D eigenvalue weighted by atomic mass is 10.2. The predicted molar refractivity (Wildman–Crippen MR) is 73.6 cm³/mol. The van der Waals surface area contributed by atoms with Crippen molar-refractivity contribution < 1.29 is 13.2 Å². The Morgan fingerprint density at radius 2 is 2.22 bits per heavy atom. The summed E-state index contributed by atoms with van der Waals surface area (Å²) in [5.74, 6) is 0.284. The summed E-state index contributed by atoms with van der Waals surface area (Å²) in [6.07, 6.45) is 2.30. The monoisotopic (exact) mass is 290 g/mol. The molecular weight excluding hydrogens is 272 g/mol. The molecule has 0 bridgehead atoms. The summed E-state index contributed by atoms with van der Waals surface area (Å²) >= 11 is 1.43. The molecule has 0 aliphatic carbocycles. The zero-order valence-corrected chi connectivity index (χ0v) is 12.3. The lowest BCUT2D eigenvalue weighted by molar-refractivity contribution is -0.117. The van der Waals surface area contributed by atoms with E-state index in [0.29, 0.717) is 11.6 Å². The number of carbonyl (C=O) groups excluding carboxylic acids is 1. The number of carbonyl (C=O) groups is 1. The number of hydrogen-bond donors (Lipinski definition) is 0.